The zero-order chi connectivity index (χ0) is 20.7. The van der Waals surface area contributed by atoms with Crippen molar-refractivity contribution in [3.8, 4) is 5.75 Å². The first kappa shape index (κ1) is 21.9. The fraction of sp³-hybridized carbons (Fsp3) is 0.571. The molecule has 2 heterocycles. The van der Waals surface area contributed by atoms with Crippen molar-refractivity contribution in [2.24, 2.45) is 0 Å². The maximum absolute atomic E-state index is 12.1. The Morgan fingerprint density at radius 1 is 1.18 bits per heavy atom. The smallest absolute Gasteiger partial charge is 0.249 e. The number of nitrogens with one attached hydrogen (secondary N) is 1. The zero-order valence-corrected chi connectivity index (χ0v) is 17.2. The third-order valence-corrected chi connectivity index (χ3v) is 5.33. The van der Waals surface area contributed by atoms with E-state index in [1.165, 1.54) is 10.5 Å². The number of nitrogens with zero attached hydrogens (tertiary/aromatic N) is 2. The molecule has 0 radical (unpaired) electrons. The van der Waals surface area contributed by atoms with Crippen molar-refractivity contribution in [2.45, 2.75) is 51.5 Å². The topological polar surface area (TPSA) is 79.0 Å². The Morgan fingerprint density at radius 2 is 1.86 bits per heavy atom. The molecule has 0 aliphatic carbocycles. The number of hydrogen-bond donors (Lipinski definition) is 1. The van der Waals surface area contributed by atoms with Gasteiger partial charge in [-0.3, -0.25) is 24.6 Å². The lowest BCUT2D eigenvalue weighted by atomic mass is 9.89. The first-order chi connectivity index (χ1) is 13.5. The minimum Gasteiger partial charge on any atom is -0.495 e. The average Bonchev–Trinajstić information content (AvgIpc) is 2.72. The summed E-state index contributed by atoms with van der Waals surface area (Å²) in [5.74, 6) is 0.282. The monoisotopic (exact) mass is 389 g/mol. The maximum atomic E-state index is 12.1. The number of benzene rings is 1. The van der Waals surface area contributed by atoms with Crippen LogP contribution in [0.3, 0.4) is 0 Å². The highest BCUT2D eigenvalue weighted by molar-refractivity contribution is 6.04. The molecule has 2 aliphatic heterocycles. The van der Waals surface area contributed by atoms with Crippen molar-refractivity contribution in [1.29, 1.82) is 0 Å². The summed E-state index contributed by atoms with van der Waals surface area (Å²) in [7, 11) is 3.69. The van der Waals surface area contributed by atoms with Gasteiger partial charge < -0.3 is 9.64 Å². The van der Waals surface area contributed by atoms with E-state index in [9.17, 15) is 14.4 Å². The number of methoxy groups -OCH3 is 1. The summed E-state index contributed by atoms with van der Waals surface area (Å²) >= 11 is 0. The Bertz CT molecular complexity index is 699. The molecule has 2 aliphatic rings. The molecule has 0 spiro atoms. The Labute approximate surface area is 167 Å². The molecular formula is C21H31N3O4. The fourth-order valence-electron chi connectivity index (χ4n) is 3.75. The molecular weight excluding hydrogens is 358 g/mol. The molecule has 1 N–H and O–H groups in total. The van der Waals surface area contributed by atoms with Crippen LogP contribution in [0.25, 0.3) is 0 Å². The molecule has 0 aromatic heterocycles. The molecule has 7 heteroatoms. The second kappa shape index (κ2) is 10.2. The molecule has 1 unspecified atom stereocenters. The fourth-order valence-corrected chi connectivity index (χ4v) is 3.75. The van der Waals surface area contributed by atoms with Crippen molar-refractivity contribution in [3.63, 3.8) is 0 Å². The number of carbonyl (C=O) groups excluding carboxylic acids is 3. The highest BCUT2D eigenvalue weighted by Gasteiger charge is 2.33. The van der Waals surface area contributed by atoms with E-state index in [0.29, 0.717) is 30.2 Å². The van der Waals surface area contributed by atoms with Crippen LogP contribution in [0.1, 0.15) is 51.0 Å². The van der Waals surface area contributed by atoms with Crippen molar-refractivity contribution in [1.82, 2.24) is 10.2 Å². The molecule has 0 bridgehead atoms. The van der Waals surface area contributed by atoms with Crippen LogP contribution in [-0.2, 0) is 14.4 Å². The van der Waals surface area contributed by atoms with Crippen LogP contribution in [0.2, 0.25) is 0 Å². The summed E-state index contributed by atoms with van der Waals surface area (Å²) in [5, 5.41) is 2.29. The number of likely N-dealkylation sites (tertiary alicyclic amines) is 1. The quantitative estimate of drug-likeness (QED) is 0.618. The van der Waals surface area contributed by atoms with E-state index in [-0.39, 0.29) is 12.3 Å². The predicted octanol–water partition coefficient (Wildman–Crippen LogP) is 2.30. The Balaban J connectivity index is 0.00000136. The van der Waals surface area contributed by atoms with E-state index in [0.717, 1.165) is 25.9 Å². The summed E-state index contributed by atoms with van der Waals surface area (Å²) in [6.45, 7) is 6.12. The second-order valence-corrected chi connectivity index (χ2v) is 6.99. The van der Waals surface area contributed by atoms with Crippen molar-refractivity contribution >= 4 is 23.9 Å². The Kier molecular flexibility index (Phi) is 7.99. The number of anilines is 1. The average molecular weight is 389 g/mol. The molecule has 1 atom stereocenters. The number of piperidine rings is 2. The minimum absolute atomic E-state index is 0.219. The summed E-state index contributed by atoms with van der Waals surface area (Å²) in [6.07, 6.45) is 3.33. The van der Waals surface area contributed by atoms with Crippen LogP contribution in [-0.4, -0.2) is 56.4 Å². The second-order valence-electron chi connectivity index (χ2n) is 6.99. The van der Waals surface area contributed by atoms with E-state index >= 15 is 0 Å². The molecule has 1 aromatic rings. The van der Waals surface area contributed by atoms with Gasteiger partial charge in [-0.1, -0.05) is 19.9 Å². The normalized spacial score (nSPS) is 20.6. The summed E-state index contributed by atoms with van der Waals surface area (Å²) in [4.78, 5) is 38.9. The van der Waals surface area contributed by atoms with E-state index in [4.69, 9.17) is 4.74 Å². The van der Waals surface area contributed by atoms with Gasteiger partial charge in [0.2, 0.25) is 18.2 Å². The largest absolute Gasteiger partial charge is 0.495 e. The van der Waals surface area contributed by atoms with Gasteiger partial charge in [-0.15, -0.1) is 0 Å². The lowest BCUT2D eigenvalue weighted by Crippen LogP contribution is -2.52. The third-order valence-electron chi connectivity index (χ3n) is 5.33. The number of ether oxygens (including phenoxy) is 1. The first-order valence-electron chi connectivity index (χ1n) is 9.97. The molecule has 3 rings (SSSR count). The molecule has 154 valence electrons. The van der Waals surface area contributed by atoms with E-state index in [1.54, 1.807) is 7.11 Å². The summed E-state index contributed by atoms with van der Waals surface area (Å²) in [6, 6.07) is 5.11. The van der Waals surface area contributed by atoms with Gasteiger partial charge in [0.25, 0.3) is 0 Å². The number of carbonyl (C=O) groups is 3. The van der Waals surface area contributed by atoms with E-state index in [2.05, 4.69) is 17.3 Å². The highest BCUT2D eigenvalue weighted by atomic mass is 16.5. The summed E-state index contributed by atoms with van der Waals surface area (Å²) in [5.41, 5.74) is 1.74. The molecule has 3 amide bonds. The van der Waals surface area contributed by atoms with Crippen LogP contribution in [0.15, 0.2) is 18.2 Å². The number of amides is 3. The Morgan fingerprint density at radius 3 is 2.43 bits per heavy atom. The molecule has 2 fully saturated rings. The zero-order valence-electron chi connectivity index (χ0n) is 17.2. The molecule has 7 nitrogen and oxygen atoms in total. The van der Waals surface area contributed by atoms with E-state index < -0.39 is 11.9 Å². The summed E-state index contributed by atoms with van der Waals surface area (Å²) < 4.78 is 5.52. The first-order valence-corrected chi connectivity index (χ1v) is 9.97. The van der Waals surface area contributed by atoms with Crippen LogP contribution in [0, 0.1) is 0 Å². The van der Waals surface area contributed by atoms with Crippen LogP contribution in [0.4, 0.5) is 5.69 Å². The minimum atomic E-state index is -0.701. The number of imide groups is 1. The lowest BCUT2D eigenvalue weighted by molar-refractivity contribution is -0.134. The van der Waals surface area contributed by atoms with Gasteiger partial charge in [0, 0.05) is 6.42 Å². The maximum Gasteiger partial charge on any atom is 0.249 e. The highest BCUT2D eigenvalue weighted by Crippen LogP contribution is 2.36. The molecule has 1 aromatic carbocycles. The standard InChI is InChI=1S/C19H25N3O4.C2H6/c1-21-9-7-13(8-10-21)14-3-4-15(17(11-14)26-2)22(12-23)16-5-6-18(24)20-19(16)25;1-2/h3-4,11-13,16H,5-10H2,1-2H3,(H,20,24,25);1-2H3. The van der Waals surface area contributed by atoms with Crippen LogP contribution < -0.4 is 15.0 Å². The predicted molar refractivity (Wildman–Crippen MR) is 109 cm³/mol. The van der Waals surface area contributed by atoms with Gasteiger partial charge in [-0.05, 0) is 63.0 Å². The van der Waals surface area contributed by atoms with Gasteiger partial charge in [0.1, 0.15) is 11.8 Å². The Hall–Kier alpha value is -2.41. The molecule has 28 heavy (non-hydrogen) atoms. The SMILES string of the molecule is CC.COc1cc(C2CCN(C)CC2)ccc1N(C=O)C1CCC(=O)NC1=O. The van der Waals surface area contributed by atoms with E-state index in [1.807, 2.05) is 32.0 Å². The van der Waals surface area contributed by atoms with Crippen LogP contribution in [0.5, 0.6) is 5.75 Å². The molecule has 2 saturated heterocycles. The van der Waals surface area contributed by atoms with Gasteiger partial charge in [0.05, 0.1) is 12.8 Å². The van der Waals surface area contributed by atoms with Gasteiger partial charge in [0.15, 0.2) is 0 Å². The van der Waals surface area contributed by atoms with Gasteiger partial charge in [-0.2, -0.15) is 0 Å². The molecule has 0 saturated carbocycles. The van der Waals surface area contributed by atoms with Crippen LogP contribution >= 0.6 is 0 Å². The van der Waals surface area contributed by atoms with Gasteiger partial charge in [-0.25, -0.2) is 0 Å². The third kappa shape index (κ3) is 4.90. The van der Waals surface area contributed by atoms with Crippen molar-refractivity contribution < 1.29 is 19.1 Å². The number of rotatable bonds is 5. The lowest BCUT2D eigenvalue weighted by Gasteiger charge is -2.32. The van der Waals surface area contributed by atoms with Gasteiger partial charge >= 0.3 is 0 Å². The van der Waals surface area contributed by atoms with Crippen molar-refractivity contribution in [3.05, 3.63) is 23.8 Å². The number of hydrogen-bond acceptors (Lipinski definition) is 5. The van der Waals surface area contributed by atoms with Crippen molar-refractivity contribution in [2.75, 3.05) is 32.1 Å².